The Morgan fingerprint density at radius 3 is 1.65 bits per heavy atom. The van der Waals surface area contributed by atoms with Crippen LogP contribution in [0.25, 0.3) is 19.6 Å². The van der Waals surface area contributed by atoms with Gasteiger partial charge in [0.25, 0.3) is 0 Å². The first kappa shape index (κ1) is 40.8. The Balaban J connectivity index is 0.000000233. The van der Waals surface area contributed by atoms with Crippen LogP contribution in [-0.4, -0.2) is 92.0 Å². The first-order chi connectivity index (χ1) is 21.2. The summed E-state index contributed by atoms with van der Waals surface area (Å²) in [4.78, 5) is 13.8. The van der Waals surface area contributed by atoms with Crippen LogP contribution >= 0.6 is 15.9 Å². The van der Waals surface area contributed by atoms with Crippen LogP contribution in [0.1, 0.15) is 37.1 Å². The summed E-state index contributed by atoms with van der Waals surface area (Å²) < 4.78 is 5.76. The minimum absolute atomic E-state index is 0. The van der Waals surface area contributed by atoms with Crippen molar-refractivity contribution in [1.82, 2.24) is 0 Å². The van der Waals surface area contributed by atoms with E-state index in [9.17, 15) is 0 Å². The molecule has 46 heavy (non-hydrogen) atoms. The van der Waals surface area contributed by atoms with Crippen LogP contribution in [0, 0.1) is 23.7 Å². The van der Waals surface area contributed by atoms with E-state index in [1.165, 1.54) is 25.4 Å². The zero-order valence-electron chi connectivity index (χ0n) is 23.6. The zero-order valence-corrected chi connectivity index (χ0v) is 33.8. The molecule has 0 spiro atoms. The summed E-state index contributed by atoms with van der Waals surface area (Å²) in [6.07, 6.45) is 0. The second-order valence-electron chi connectivity index (χ2n) is 8.89. The maximum atomic E-state index is 3.48. The van der Waals surface area contributed by atoms with Gasteiger partial charge in [0.15, 0.2) is 0 Å². The van der Waals surface area contributed by atoms with Crippen molar-refractivity contribution in [2.45, 2.75) is 14.9 Å². The van der Waals surface area contributed by atoms with Gasteiger partial charge in [-0.3, -0.25) is 0 Å². The number of hydrogen-bond acceptors (Lipinski definition) is 0. The van der Waals surface area contributed by atoms with Crippen LogP contribution in [0.2, 0.25) is 0 Å². The van der Waals surface area contributed by atoms with E-state index in [0.29, 0.717) is 70.8 Å². The fraction of sp³-hybridized carbons (Fsp3) is 0.0526. The fourth-order valence-electron chi connectivity index (χ4n) is 3.74. The Labute approximate surface area is 320 Å². The summed E-state index contributed by atoms with van der Waals surface area (Å²) in [6.45, 7) is 0. The molecule has 0 radical (unpaired) electrons. The average Bonchev–Trinajstić information content (AvgIpc) is 3.87. The van der Waals surface area contributed by atoms with Crippen molar-refractivity contribution in [2.75, 3.05) is 0 Å². The molecular weight excluding hydrogens is 954 g/mol. The summed E-state index contributed by atoms with van der Waals surface area (Å²) in [5.74, 6) is 12.8. The number of fused-ring (bicyclic) bond motifs is 1. The molecule has 0 amide bonds. The van der Waals surface area contributed by atoms with Gasteiger partial charge in [-0.25, -0.2) is 0 Å². The summed E-state index contributed by atoms with van der Waals surface area (Å²) in [7, 11) is 0. The minimum atomic E-state index is 0. The molecule has 0 bridgehead atoms. The Bertz CT molecular complexity index is 1960. The Morgan fingerprint density at radius 2 is 1.11 bits per heavy atom. The van der Waals surface area contributed by atoms with Crippen molar-refractivity contribution in [3.63, 3.8) is 0 Å². The van der Waals surface area contributed by atoms with E-state index in [0.717, 1.165) is 21.2 Å². The van der Waals surface area contributed by atoms with Gasteiger partial charge < -0.3 is 5.48 Å². The molecule has 0 saturated carbocycles. The fourth-order valence-corrected chi connectivity index (χ4v) is 15.4. The van der Waals surface area contributed by atoms with Gasteiger partial charge in [-0.1, -0.05) is 14.9 Å². The molecule has 0 unspecified atom stereocenters. The van der Waals surface area contributed by atoms with E-state index in [2.05, 4.69) is 121 Å². The van der Waals surface area contributed by atoms with Gasteiger partial charge in [0.05, 0.1) is 0 Å². The Morgan fingerprint density at radius 1 is 0.587 bits per heavy atom. The number of benzene rings is 3. The van der Waals surface area contributed by atoms with E-state index in [-0.39, 0.29) is 20.3 Å². The van der Waals surface area contributed by atoms with Crippen LogP contribution in [0.15, 0.2) is 131 Å². The third-order valence-corrected chi connectivity index (χ3v) is 17.5. The number of hydrogen-bond donors (Lipinski definition) is 0. The second-order valence-corrected chi connectivity index (χ2v) is 18.5. The van der Waals surface area contributed by atoms with Crippen molar-refractivity contribution in [2.24, 2.45) is 0 Å². The molecule has 2 N–H and O–H groups in total. The molecule has 228 valence electrons. The van der Waals surface area contributed by atoms with Crippen molar-refractivity contribution in [1.29, 1.82) is 0 Å². The first-order valence-electron chi connectivity index (χ1n) is 13.2. The second kappa shape index (κ2) is 22.3. The molecule has 0 aliphatic carbocycles. The normalized spacial score (nSPS) is 9.20. The molecule has 4 heterocycles. The molecule has 0 aliphatic heterocycles. The number of halogens is 1. The molecule has 0 saturated heterocycles. The number of rotatable bonds is 2. The molecule has 0 aliphatic rings. The summed E-state index contributed by atoms with van der Waals surface area (Å²) >= 11 is 8.55. The first-order valence-corrected chi connectivity index (χ1v) is 24.2. The van der Waals surface area contributed by atoms with Crippen molar-refractivity contribution >= 4 is 117 Å². The van der Waals surface area contributed by atoms with Gasteiger partial charge >= 0.3 is 304 Å². The average molecular weight is 986 g/mol. The summed E-state index contributed by atoms with van der Waals surface area (Å²) in [6, 6.07) is 33.3. The van der Waals surface area contributed by atoms with Crippen LogP contribution in [-0.2, 0) is 0 Å². The summed E-state index contributed by atoms with van der Waals surface area (Å²) in [5.41, 5.74) is 5.94. The van der Waals surface area contributed by atoms with Gasteiger partial charge in [0, 0.05) is 0 Å². The van der Waals surface area contributed by atoms with Crippen LogP contribution in [0.4, 0.5) is 0 Å². The Hall–Kier alpha value is -1.41. The molecule has 7 aromatic rings. The molecule has 0 fully saturated rings. The van der Waals surface area contributed by atoms with Crippen LogP contribution < -0.4 is 4.46 Å². The van der Waals surface area contributed by atoms with Gasteiger partial charge in [0.1, 0.15) is 0 Å². The Kier molecular flexibility index (Phi) is 19.7. The molecule has 3 aromatic carbocycles. The predicted molar refractivity (Wildman–Crippen MR) is 211 cm³/mol. The molecule has 7 rings (SSSR count). The van der Waals surface area contributed by atoms with E-state index in [4.69, 9.17) is 0 Å². The maximum absolute atomic E-state index is 3.48. The van der Waals surface area contributed by atoms with Crippen LogP contribution in [0.3, 0.4) is 0 Å². The van der Waals surface area contributed by atoms with E-state index >= 15 is 0 Å². The quantitative estimate of drug-likeness (QED) is 0.140. The predicted octanol–water partition coefficient (Wildman–Crippen LogP) is 6.53. The standard InChI is InChI=1S/C12H7BrSe.2C12H8Se2.2CH4.Li.H2O/c13-12-9-14-8-11(12)7-6-10-4-2-1-3-5-10;1-2-4-9(5-3-1)11-6-10-7-13-8-12(10)14-11;13-12-9-14-8-11(12)7-6-10-4-2-1-3-5-10;;;;/h1-5,8-9H;1-8H;1-5,8-9,13H;2*1H4;;1H2/q;;;;;+1;/p-1. The van der Waals surface area contributed by atoms with Crippen molar-refractivity contribution in [3.8, 4) is 33.7 Å². The molecule has 4 aromatic heterocycles. The topological polar surface area (TPSA) is 31.5 Å². The van der Waals surface area contributed by atoms with Gasteiger partial charge in [-0.15, -0.1) is 0 Å². The van der Waals surface area contributed by atoms with Crippen molar-refractivity contribution in [3.05, 3.63) is 153 Å². The molecule has 1 nitrogen and oxygen atoms in total. The monoisotopic (exact) mass is 990 g/mol. The molecule has 0 atom stereocenters. The third kappa shape index (κ3) is 12.6. The van der Waals surface area contributed by atoms with Gasteiger partial charge in [-0.2, -0.15) is 0 Å². The van der Waals surface area contributed by atoms with Gasteiger partial charge in [-0.05, 0) is 0 Å². The van der Waals surface area contributed by atoms with Gasteiger partial charge in [0.2, 0.25) is 0 Å². The third-order valence-electron chi connectivity index (χ3n) is 5.91. The van der Waals surface area contributed by atoms with Crippen LogP contribution in [0.5, 0.6) is 0 Å². The van der Waals surface area contributed by atoms with E-state index in [1.54, 1.807) is 4.26 Å². The van der Waals surface area contributed by atoms with Crippen molar-refractivity contribution < 1.29 is 5.48 Å². The molecular formula is C38H32BrLiOSe5. The van der Waals surface area contributed by atoms with E-state index in [1.807, 2.05) is 60.7 Å². The molecule has 8 heteroatoms. The SMILES string of the molecule is Brc1c[se]cc1C#Cc1ccccc1.C.C.O.[Li][Se]c1c[se]cc1C#Cc1ccccc1.c1ccc(-c2cc3c[se]cc3[se]2)cc1. The zero-order chi connectivity index (χ0) is 29.7. The van der Waals surface area contributed by atoms with E-state index < -0.39 is 0 Å². The summed E-state index contributed by atoms with van der Waals surface area (Å²) in [5, 5.41) is 1.50.